The minimum atomic E-state index is -0.741. The Balaban J connectivity index is 1.84. The molecule has 5 heteroatoms. The van der Waals surface area contributed by atoms with Crippen molar-refractivity contribution in [2.75, 3.05) is 26.2 Å². The topological polar surface area (TPSA) is 61.8 Å². The van der Waals surface area contributed by atoms with Gasteiger partial charge in [0.25, 0.3) is 0 Å². The van der Waals surface area contributed by atoms with Crippen LogP contribution in [-0.4, -0.2) is 60.4 Å². The molecule has 98 valence electrons. The molecule has 5 nitrogen and oxygen atoms in total. The largest absolute Gasteiger partial charge is 0.480 e. The monoisotopic (exact) mass is 242 g/mol. The molecule has 1 saturated heterocycles. The van der Waals surface area contributed by atoms with E-state index in [1.807, 2.05) is 6.92 Å². The molecule has 2 fully saturated rings. The standard InChI is InChI=1S/C12H22N2O3/c1-9-7-14(5-2-6-17-9)8-11(12(15)16)13-10-3-4-10/h9-11,13H,2-8H2,1H3,(H,15,16). The zero-order valence-corrected chi connectivity index (χ0v) is 10.4. The van der Waals surface area contributed by atoms with E-state index in [0.717, 1.165) is 39.0 Å². The van der Waals surface area contributed by atoms with E-state index < -0.39 is 12.0 Å². The van der Waals surface area contributed by atoms with Gasteiger partial charge in [-0.15, -0.1) is 0 Å². The SMILES string of the molecule is CC1CN(CC(NC2CC2)C(=O)O)CCCO1. The molecule has 0 bridgehead atoms. The highest BCUT2D eigenvalue weighted by Crippen LogP contribution is 2.19. The number of nitrogens with one attached hydrogen (secondary N) is 1. The van der Waals surface area contributed by atoms with Crippen molar-refractivity contribution in [2.24, 2.45) is 0 Å². The Morgan fingerprint density at radius 1 is 1.59 bits per heavy atom. The first-order valence-corrected chi connectivity index (χ1v) is 6.48. The Kier molecular flexibility index (Phi) is 4.36. The van der Waals surface area contributed by atoms with Gasteiger partial charge in [0.05, 0.1) is 6.10 Å². The van der Waals surface area contributed by atoms with Gasteiger partial charge >= 0.3 is 5.97 Å². The van der Waals surface area contributed by atoms with E-state index in [4.69, 9.17) is 4.74 Å². The third-order valence-corrected chi connectivity index (χ3v) is 3.29. The third kappa shape index (κ3) is 4.26. The van der Waals surface area contributed by atoms with Gasteiger partial charge in [-0.1, -0.05) is 0 Å². The predicted octanol–water partition coefficient (Wildman–Crippen LogP) is 0.302. The summed E-state index contributed by atoms with van der Waals surface area (Å²) in [6.45, 7) is 5.17. The van der Waals surface area contributed by atoms with Crippen LogP contribution in [0.25, 0.3) is 0 Å². The number of carbonyl (C=O) groups is 1. The lowest BCUT2D eigenvalue weighted by Crippen LogP contribution is -2.48. The van der Waals surface area contributed by atoms with Crippen LogP contribution in [0.1, 0.15) is 26.2 Å². The molecule has 17 heavy (non-hydrogen) atoms. The highest BCUT2D eigenvalue weighted by Gasteiger charge is 2.30. The number of carboxylic acid groups (broad SMARTS) is 1. The van der Waals surface area contributed by atoms with Gasteiger partial charge < -0.3 is 15.2 Å². The Morgan fingerprint density at radius 3 is 3.00 bits per heavy atom. The van der Waals surface area contributed by atoms with Crippen molar-refractivity contribution >= 4 is 5.97 Å². The second-order valence-electron chi connectivity index (χ2n) is 5.13. The van der Waals surface area contributed by atoms with Crippen LogP contribution in [0, 0.1) is 0 Å². The van der Waals surface area contributed by atoms with E-state index in [9.17, 15) is 9.90 Å². The average molecular weight is 242 g/mol. The maximum atomic E-state index is 11.2. The molecule has 1 saturated carbocycles. The normalized spacial score (nSPS) is 28.6. The van der Waals surface area contributed by atoms with Crippen molar-refractivity contribution in [1.29, 1.82) is 0 Å². The van der Waals surface area contributed by atoms with Crippen molar-refractivity contribution in [2.45, 2.75) is 44.4 Å². The number of hydrogen-bond donors (Lipinski definition) is 2. The second-order valence-corrected chi connectivity index (χ2v) is 5.13. The molecule has 0 spiro atoms. The minimum absolute atomic E-state index is 0.202. The van der Waals surface area contributed by atoms with Crippen molar-refractivity contribution in [3.63, 3.8) is 0 Å². The average Bonchev–Trinajstić information content (AvgIpc) is 3.06. The van der Waals surface area contributed by atoms with Crippen molar-refractivity contribution in [3.8, 4) is 0 Å². The van der Waals surface area contributed by atoms with Crippen molar-refractivity contribution < 1.29 is 14.6 Å². The zero-order chi connectivity index (χ0) is 12.3. The first-order valence-electron chi connectivity index (χ1n) is 6.48. The summed E-state index contributed by atoms with van der Waals surface area (Å²) in [6, 6.07) is -0.00967. The molecule has 2 aliphatic rings. The van der Waals surface area contributed by atoms with Crippen molar-refractivity contribution in [3.05, 3.63) is 0 Å². The van der Waals surface area contributed by atoms with Gasteiger partial charge in [-0.3, -0.25) is 9.69 Å². The molecule has 1 heterocycles. The number of carboxylic acids is 1. The van der Waals surface area contributed by atoms with Crippen molar-refractivity contribution in [1.82, 2.24) is 10.2 Å². The summed E-state index contributed by atoms with van der Waals surface area (Å²) in [5, 5.41) is 12.4. The number of rotatable bonds is 5. The molecule has 2 atom stereocenters. The molecule has 2 rings (SSSR count). The highest BCUT2D eigenvalue weighted by molar-refractivity contribution is 5.73. The van der Waals surface area contributed by atoms with E-state index in [1.54, 1.807) is 0 Å². The summed E-state index contributed by atoms with van der Waals surface area (Å²) in [7, 11) is 0. The van der Waals surface area contributed by atoms with Crippen LogP contribution in [-0.2, 0) is 9.53 Å². The van der Waals surface area contributed by atoms with E-state index >= 15 is 0 Å². The number of aliphatic carboxylic acids is 1. The fraction of sp³-hybridized carbons (Fsp3) is 0.917. The first-order chi connectivity index (χ1) is 8.15. The fourth-order valence-electron chi connectivity index (χ4n) is 2.24. The summed E-state index contributed by atoms with van der Waals surface area (Å²) in [4.78, 5) is 13.4. The summed E-state index contributed by atoms with van der Waals surface area (Å²) in [5.74, 6) is -0.741. The fourth-order valence-corrected chi connectivity index (χ4v) is 2.24. The molecule has 0 radical (unpaired) electrons. The molecule has 0 aromatic carbocycles. The van der Waals surface area contributed by atoms with Crippen LogP contribution in [0.4, 0.5) is 0 Å². The molecular formula is C12H22N2O3. The van der Waals surface area contributed by atoms with E-state index in [2.05, 4.69) is 10.2 Å². The van der Waals surface area contributed by atoms with Gasteiger partial charge in [0.15, 0.2) is 0 Å². The highest BCUT2D eigenvalue weighted by atomic mass is 16.5. The Hall–Kier alpha value is -0.650. The molecule has 0 amide bonds. The predicted molar refractivity (Wildman–Crippen MR) is 64.1 cm³/mol. The van der Waals surface area contributed by atoms with Crippen LogP contribution in [0.15, 0.2) is 0 Å². The maximum Gasteiger partial charge on any atom is 0.322 e. The van der Waals surface area contributed by atoms with E-state index in [1.165, 1.54) is 0 Å². The third-order valence-electron chi connectivity index (χ3n) is 3.29. The Morgan fingerprint density at radius 2 is 2.35 bits per heavy atom. The van der Waals surface area contributed by atoms with Gasteiger partial charge in [-0.2, -0.15) is 0 Å². The van der Waals surface area contributed by atoms with Gasteiger partial charge in [-0.05, 0) is 26.2 Å². The van der Waals surface area contributed by atoms with E-state index in [0.29, 0.717) is 12.6 Å². The molecule has 1 aliphatic carbocycles. The van der Waals surface area contributed by atoms with Crippen LogP contribution in [0.3, 0.4) is 0 Å². The second kappa shape index (κ2) is 5.80. The van der Waals surface area contributed by atoms with E-state index in [-0.39, 0.29) is 6.10 Å². The van der Waals surface area contributed by atoms with Gasteiger partial charge in [0.1, 0.15) is 6.04 Å². The lowest BCUT2D eigenvalue weighted by atomic mass is 10.2. The number of ether oxygens (including phenoxy) is 1. The van der Waals surface area contributed by atoms with Gasteiger partial charge in [0.2, 0.25) is 0 Å². The minimum Gasteiger partial charge on any atom is -0.480 e. The lowest BCUT2D eigenvalue weighted by molar-refractivity contribution is -0.140. The summed E-state index contributed by atoms with van der Waals surface area (Å²) < 4.78 is 5.56. The Bertz CT molecular complexity index is 268. The van der Waals surface area contributed by atoms with Gasteiger partial charge in [0, 0.05) is 32.3 Å². The van der Waals surface area contributed by atoms with Crippen LogP contribution in [0.5, 0.6) is 0 Å². The molecule has 1 aliphatic heterocycles. The number of nitrogens with zero attached hydrogens (tertiary/aromatic N) is 1. The van der Waals surface area contributed by atoms with Crippen LogP contribution in [0.2, 0.25) is 0 Å². The van der Waals surface area contributed by atoms with Gasteiger partial charge in [-0.25, -0.2) is 0 Å². The maximum absolute atomic E-state index is 11.2. The molecule has 2 N–H and O–H groups in total. The van der Waals surface area contributed by atoms with Crippen LogP contribution >= 0.6 is 0 Å². The summed E-state index contributed by atoms with van der Waals surface area (Å²) in [6.07, 6.45) is 3.42. The quantitative estimate of drug-likeness (QED) is 0.726. The molecule has 0 aromatic heterocycles. The first kappa shape index (κ1) is 12.8. The zero-order valence-electron chi connectivity index (χ0n) is 10.4. The van der Waals surface area contributed by atoms with Crippen LogP contribution < -0.4 is 5.32 Å². The summed E-state index contributed by atoms with van der Waals surface area (Å²) >= 11 is 0. The molecule has 0 aromatic rings. The lowest BCUT2D eigenvalue weighted by Gasteiger charge is -2.25. The summed E-state index contributed by atoms with van der Waals surface area (Å²) in [5.41, 5.74) is 0. The molecular weight excluding hydrogens is 220 g/mol. The Labute approximate surface area is 102 Å². The number of hydrogen-bond acceptors (Lipinski definition) is 4. The smallest absolute Gasteiger partial charge is 0.322 e. The molecule has 2 unspecified atom stereocenters.